The van der Waals surface area contributed by atoms with E-state index in [9.17, 15) is 4.79 Å². The lowest BCUT2D eigenvalue weighted by Gasteiger charge is -2.47. The van der Waals surface area contributed by atoms with Gasteiger partial charge < -0.3 is 16.0 Å². The topological polar surface area (TPSA) is 61.6 Å². The molecule has 3 atom stereocenters. The van der Waals surface area contributed by atoms with Gasteiger partial charge >= 0.3 is 0 Å². The number of hydrogen-bond donors (Lipinski definition) is 2. The van der Waals surface area contributed by atoms with Gasteiger partial charge in [-0.25, -0.2) is 0 Å². The number of hydrogen-bond acceptors (Lipinski definition) is 4. The highest BCUT2D eigenvalue weighted by Gasteiger charge is 2.36. The Balaban J connectivity index is 1.90. The highest BCUT2D eigenvalue weighted by Crippen LogP contribution is 2.30. The van der Waals surface area contributed by atoms with E-state index in [2.05, 4.69) is 22.2 Å². The van der Waals surface area contributed by atoms with Crippen LogP contribution in [0.15, 0.2) is 0 Å². The Morgan fingerprint density at radius 1 is 1.40 bits per heavy atom. The molecule has 5 nitrogen and oxygen atoms in total. The van der Waals surface area contributed by atoms with Crippen LogP contribution in [-0.2, 0) is 4.79 Å². The van der Waals surface area contributed by atoms with Crippen LogP contribution < -0.4 is 11.1 Å². The third-order valence-corrected chi connectivity index (χ3v) is 4.96. The summed E-state index contributed by atoms with van der Waals surface area (Å²) in [5.74, 6) is 0.886. The lowest BCUT2D eigenvalue weighted by molar-refractivity contribution is -0.122. The second-order valence-electron chi connectivity index (χ2n) is 6.28. The van der Waals surface area contributed by atoms with Crippen LogP contribution in [0.4, 0.5) is 0 Å². The minimum Gasteiger partial charge on any atom is -0.356 e. The van der Waals surface area contributed by atoms with E-state index in [0.29, 0.717) is 19.5 Å². The molecule has 0 saturated carbocycles. The molecule has 0 bridgehead atoms. The molecular weight excluding hydrogens is 252 g/mol. The summed E-state index contributed by atoms with van der Waals surface area (Å²) in [5.41, 5.74) is 5.91. The van der Waals surface area contributed by atoms with Gasteiger partial charge in [-0.1, -0.05) is 0 Å². The quantitative estimate of drug-likeness (QED) is 0.759. The van der Waals surface area contributed by atoms with E-state index in [1.54, 1.807) is 0 Å². The summed E-state index contributed by atoms with van der Waals surface area (Å²) in [6, 6.07) is 0.942. The van der Waals surface area contributed by atoms with Gasteiger partial charge in [0.25, 0.3) is 0 Å². The fourth-order valence-electron chi connectivity index (χ4n) is 3.86. The molecule has 0 spiro atoms. The number of fused-ring (bicyclic) bond motifs is 1. The molecule has 2 rings (SSSR count). The molecule has 2 saturated heterocycles. The van der Waals surface area contributed by atoms with Crippen molar-refractivity contribution in [3.63, 3.8) is 0 Å². The molecule has 0 radical (unpaired) electrons. The Labute approximate surface area is 122 Å². The van der Waals surface area contributed by atoms with E-state index in [1.807, 2.05) is 6.92 Å². The summed E-state index contributed by atoms with van der Waals surface area (Å²) in [5, 5.41) is 2.88. The molecule has 20 heavy (non-hydrogen) atoms. The molecule has 2 fully saturated rings. The third-order valence-electron chi connectivity index (χ3n) is 4.96. The van der Waals surface area contributed by atoms with Crippen LogP contribution in [0.3, 0.4) is 0 Å². The second kappa shape index (κ2) is 7.38. The minimum absolute atomic E-state index is 0.130. The van der Waals surface area contributed by atoms with E-state index >= 15 is 0 Å². The number of piperidine rings is 2. The van der Waals surface area contributed by atoms with Crippen LogP contribution in [0.2, 0.25) is 0 Å². The molecule has 0 aromatic rings. The van der Waals surface area contributed by atoms with Crippen LogP contribution >= 0.6 is 0 Å². The standard InChI is InChI=1S/C15H30N4O/c1-3-17-15(20)9-13(10-16)19-8-6-14-12(11-19)5-4-7-18(14)2/h12-14H,3-11,16H2,1-2H3,(H,17,20). The average Bonchev–Trinajstić information content (AvgIpc) is 2.45. The summed E-state index contributed by atoms with van der Waals surface area (Å²) in [4.78, 5) is 16.8. The SMILES string of the molecule is CCNC(=O)CC(CN)N1CCC2C(CCCN2C)C1. The van der Waals surface area contributed by atoms with Crippen molar-refractivity contribution < 1.29 is 4.79 Å². The molecule has 2 aliphatic rings. The zero-order chi connectivity index (χ0) is 14.5. The van der Waals surface area contributed by atoms with E-state index in [4.69, 9.17) is 5.73 Å². The largest absolute Gasteiger partial charge is 0.356 e. The summed E-state index contributed by atoms with van der Waals surface area (Å²) in [7, 11) is 2.25. The van der Waals surface area contributed by atoms with E-state index in [-0.39, 0.29) is 11.9 Å². The van der Waals surface area contributed by atoms with Gasteiger partial charge in [0.05, 0.1) is 0 Å². The Morgan fingerprint density at radius 3 is 2.90 bits per heavy atom. The number of likely N-dealkylation sites (tertiary alicyclic amines) is 2. The van der Waals surface area contributed by atoms with Gasteiger partial charge in [-0.15, -0.1) is 0 Å². The van der Waals surface area contributed by atoms with Crippen molar-refractivity contribution in [2.75, 3.05) is 39.8 Å². The maximum absolute atomic E-state index is 11.8. The summed E-state index contributed by atoms with van der Waals surface area (Å²) >= 11 is 0. The molecule has 2 heterocycles. The van der Waals surface area contributed by atoms with Crippen molar-refractivity contribution in [3.05, 3.63) is 0 Å². The maximum atomic E-state index is 11.8. The number of nitrogens with zero attached hydrogens (tertiary/aromatic N) is 2. The predicted octanol–water partition coefficient (Wildman–Crippen LogP) is 0.256. The van der Waals surface area contributed by atoms with Gasteiger partial charge in [-0.05, 0) is 45.7 Å². The first-order valence-electron chi connectivity index (χ1n) is 8.06. The molecule has 116 valence electrons. The molecule has 5 heteroatoms. The normalized spacial score (nSPS) is 29.8. The zero-order valence-corrected chi connectivity index (χ0v) is 13.0. The van der Waals surface area contributed by atoms with Gasteiger partial charge in [0.1, 0.15) is 0 Å². The fourth-order valence-corrected chi connectivity index (χ4v) is 3.86. The van der Waals surface area contributed by atoms with Crippen LogP contribution in [0.25, 0.3) is 0 Å². The highest BCUT2D eigenvalue weighted by atomic mass is 16.1. The highest BCUT2D eigenvalue weighted by molar-refractivity contribution is 5.76. The molecule has 0 aliphatic carbocycles. The van der Waals surface area contributed by atoms with E-state index in [1.165, 1.54) is 25.8 Å². The van der Waals surface area contributed by atoms with Gasteiger partial charge in [0.2, 0.25) is 5.91 Å². The van der Waals surface area contributed by atoms with Crippen molar-refractivity contribution in [2.45, 2.75) is 44.7 Å². The number of nitrogens with one attached hydrogen (secondary N) is 1. The predicted molar refractivity (Wildman–Crippen MR) is 81.5 cm³/mol. The molecule has 0 aromatic carbocycles. The van der Waals surface area contributed by atoms with Crippen molar-refractivity contribution in [1.82, 2.24) is 15.1 Å². The number of carbonyl (C=O) groups excluding carboxylic acids is 1. The molecule has 1 amide bonds. The zero-order valence-electron chi connectivity index (χ0n) is 13.0. The molecular formula is C15H30N4O. The van der Waals surface area contributed by atoms with Crippen molar-refractivity contribution in [1.29, 1.82) is 0 Å². The fraction of sp³-hybridized carbons (Fsp3) is 0.933. The lowest BCUT2D eigenvalue weighted by Crippen LogP contribution is -2.56. The van der Waals surface area contributed by atoms with Crippen LogP contribution in [0.1, 0.15) is 32.6 Å². The molecule has 3 unspecified atom stereocenters. The Kier molecular flexibility index (Phi) is 5.81. The van der Waals surface area contributed by atoms with Crippen molar-refractivity contribution in [3.8, 4) is 0 Å². The number of nitrogens with two attached hydrogens (primary N) is 1. The first-order valence-corrected chi connectivity index (χ1v) is 8.06. The Morgan fingerprint density at radius 2 is 2.20 bits per heavy atom. The summed E-state index contributed by atoms with van der Waals surface area (Å²) < 4.78 is 0. The van der Waals surface area contributed by atoms with E-state index in [0.717, 1.165) is 25.0 Å². The van der Waals surface area contributed by atoms with Gasteiger partial charge in [-0.3, -0.25) is 9.69 Å². The maximum Gasteiger partial charge on any atom is 0.221 e. The lowest BCUT2D eigenvalue weighted by atomic mass is 9.83. The molecule has 3 N–H and O–H groups in total. The first kappa shape index (κ1) is 15.7. The third kappa shape index (κ3) is 3.71. The summed E-state index contributed by atoms with van der Waals surface area (Å²) in [6.45, 7) is 6.65. The first-order chi connectivity index (χ1) is 9.65. The molecule has 2 aliphatic heterocycles. The number of amides is 1. The van der Waals surface area contributed by atoms with Gasteiger partial charge in [0, 0.05) is 44.7 Å². The van der Waals surface area contributed by atoms with Crippen LogP contribution in [0, 0.1) is 5.92 Å². The van der Waals surface area contributed by atoms with E-state index < -0.39 is 0 Å². The smallest absolute Gasteiger partial charge is 0.221 e. The Hall–Kier alpha value is -0.650. The van der Waals surface area contributed by atoms with Gasteiger partial charge in [0.15, 0.2) is 0 Å². The van der Waals surface area contributed by atoms with Crippen molar-refractivity contribution in [2.24, 2.45) is 11.7 Å². The van der Waals surface area contributed by atoms with Crippen LogP contribution in [0.5, 0.6) is 0 Å². The number of carbonyl (C=O) groups is 1. The Bertz CT molecular complexity index is 323. The molecule has 0 aromatic heterocycles. The number of rotatable bonds is 5. The minimum atomic E-state index is 0.130. The summed E-state index contributed by atoms with van der Waals surface area (Å²) in [6.07, 6.45) is 4.38. The van der Waals surface area contributed by atoms with Gasteiger partial charge in [-0.2, -0.15) is 0 Å². The average molecular weight is 282 g/mol. The monoisotopic (exact) mass is 282 g/mol. The van der Waals surface area contributed by atoms with Crippen molar-refractivity contribution >= 4 is 5.91 Å². The van der Waals surface area contributed by atoms with Crippen LogP contribution in [-0.4, -0.2) is 67.6 Å². The second-order valence-corrected chi connectivity index (χ2v) is 6.28.